The Morgan fingerprint density at radius 3 is 2.87 bits per heavy atom. The number of likely N-dealkylation sites (tertiary alicyclic amines) is 1. The van der Waals surface area contributed by atoms with Gasteiger partial charge < -0.3 is 18.8 Å². The minimum Gasteiger partial charge on any atom is -0.496 e. The van der Waals surface area contributed by atoms with Gasteiger partial charge in [0.2, 0.25) is 5.88 Å². The number of hydrogen-bond donors (Lipinski definition) is 0. The molecule has 7 heteroatoms. The van der Waals surface area contributed by atoms with E-state index in [9.17, 15) is 4.79 Å². The fraction of sp³-hybridized carbons (Fsp3) is 0.348. The normalized spacial score (nSPS) is 16.3. The Bertz CT molecular complexity index is 1020. The molecule has 2 aromatic heterocycles. The van der Waals surface area contributed by atoms with Crippen LogP contribution in [0, 0.1) is 0 Å². The molecule has 3 heterocycles. The molecule has 4 rings (SSSR count). The van der Waals surface area contributed by atoms with Gasteiger partial charge >= 0.3 is 0 Å². The molecular weight excluding hydrogens is 382 g/mol. The minimum atomic E-state index is -0.0783. The highest BCUT2D eigenvalue weighted by Gasteiger charge is 2.29. The Morgan fingerprint density at radius 1 is 1.17 bits per heavy atom. The van der Waals surface area contributed by atoms with E-state index < -0.39 is 0 Å². The summed E-state index contributed by atoms with van der Waals surface area (Å²) >= 11 is 0. The topological polar surface area (TPSA) is 77.7 Å². The van der Waals surface area contributed by atoms with E-state index in [4.69, 9.17) is 13.9 Å². The Labute approximate surface area is 175 Å². The summed E-state index contributed by atoms with van der Waals surface area (Å²) in [7, 11) is 3.18. The molecule has 1 fully saturated rings. The summed E-state index contributed by atoms with van der Waals surface area (Å²) in [5.41, 5.74) is 1.52. The van der Waals surface area contributed by atoms with Crippen LogP contribution in [0.4, 0.5) is 0 Å². The van der Waals surface area contributed by atoms with Crippen molar-refractivity contribution in [3.63, 3.8) is 0 Å². The predicted octanol–water partition coefficient (Wildman–Crippen LogP) is 3.70. The Morgan fingerprint density at radius 2 is 2.03 bits per heavy atom. The number of oxazole rings is 1. The predicted molar refractivity (Wildman–Crippen MR) is 111 cm³/mol. The van der Waals surface area contributed by atoms with Crippen molar-refractivity contribution in [2.75, 3.05) is 27.3 Å². The van der Waals surface area contributed by atoms with Crippen LogP contribution in [0.25, 0.3) is 0 Å². The van der Waals surface area contributed by atoms with Gasteiger partial charge in [-0.05, 0) is 31.0 Å². The maximum Gasteiger partial charge on any atom is 0.259 e. The first kappa shape index (κ1) is 19.9. The maximum atomic E-state index is 13.0. The first-order valence-electron chi connectivity index (χ1n) is 10.0. The maximum absolute atomic E-state index is 13.0. The molecule has 0 bridgehead atoms. The molecule has 3 aromatic rings. The monoisotopic (exact) mass is 407 g/mol. The van der Waals surface area contributed by atoms with E-state index in [1.165, 1.54) is 7.11 Å². The number of ether oxygens (including phenoxy) is 2. The summed E-state index contributed by atoms with van der Waals surface area (Å²) in [6.45, 7) is 1.26. The van der Waals surface area contributed by atoms with Gasteiger partial charge in [0.15, 0.2) is 5.89 Å². The van der Waals surface area contributed by atoms with Crippen molar-refractivity contribution >= 4 is 5.91 Å². The lowest BCUT2D eigenvalue weighted by atomic mass is 9.97. The Kier molecular flexibility index (Phi) is 5.97. The number of benzene rings is 1. The fourth-order valence-corrected chi connectivity index (χ4v) is 3.88. The van der Waals surface area contributed by atoms with Crippen LogP contribution in [-0.4, -0.2) is 48.1 Å². The molecule has 1 saturated heterocycles. The fourth-order valence-electron chi connectivity index (χ4n) is 3.88. The van der Waals surface area contributed by atoms with Gasteiger partial charge in [-0.1, -0.05) is 18.2 Å². The van der Waals surface area contributed by atoms with Gasteiger partial charge in [-0.2, -0.15) is 0 Å². The zero-order valence-electron chi connectivity index (χ0n) is 17.2. The number of amides is 1. The van der Waals surface area contributed by atoms with E-state index in [1.807, 2.05) is 29.2 Å². The van der Waals surface area contributed by atoms with Gasteiger partial charge in [0.1, 0.15) is 17.1 Å². The third-order valence-corrected chi connectivity index (χ3v) is 5.38. The number of carbonyl (C=O) groups is 1. The van der Waals surface area contributed by atoms with Crippen molar-refractivity contribution in [3.8, 4) is 11.6 Å². The molecule has 156 valence electrons. The van der Waals surface area contributed by atoms with Crippen molar-refractivity contribution in [1.29, 1.82) is 0 Å². The smallest absolute Gasteiger partial charge is 0.259 e. The number of carbonyl (C=O) groups excluding carboxylic acids is 1. The van der Waals surface area contributed by atoms with Crippen molar-refractivity contribution in [2.24, 2.45) is 0 Å². The molecule has 1 aliphatic heterocycles. The average Bonchev–Trinajstić information content (AvgIpc) is 3.27. The van der Waals surface area contributed by atoms with Crippen molar-refractivity contribution in [1.82, 2.24) is 14.9 Å². The van der Waals surface area contributed by atoms with Gasteiger partial charge in [-0.25, -0.2) is 9.97 Å². The zero-order valence-corrected chi connectivity index (χ0v) is 17.2. The number of aromatic nitrogens is 2. The van der Waals surface area contributed by atoms with E-state index >= 15 is 0 Å². The Balaban J connectivity index is 1.47. The quantitative estimate of drug-likeness (QED) is 0.620. The lowest BCUT2D eigenvalue weighted by molar-refractivity contribution is 0.0693. The van der Waals surface area contributed by atoms with Crippen molar-refractivity contribution < 1.29 is 18.7 Å². The van der Waals surface area contributed by atoms with Crippen LogP contribution >= 0.6 is 0 Å². The van der Waals surface area contributed by atoms with E-state index in [0.717, 1.165) is 29.9 Å². The zero-order chi connectivity index (χ0) is 20.9. The Hall–Kier alpha value is -3.35. The molecule has 1 amide bonds. The molecule has 0 N–H and O–H groups in total. The summed E-state index contributed by atoms with van der Waals surface area (Å²) in [5, 5.41) is 0. The molecule has 7 nitrogen and oxygen atoms in total. The van der Waals surface area contributed by atoms with Crippen LogP contribution < -0.4 is 9.47 Å². The van der Waals surface area contributed by atoms with Crippen LogP contribution in [0.5, 0.6) is 11.6 Å². The molecule has 0 unspecified atom stereocenters. The van der Waals surface area contributed by atoms with Crippen LogP contribution in [-0.2, 0) is 6.42 Å². The van der Waals surface area contributed by atoms with Gasteiger partial charge in [0.05, 0.1) is 26.3 Å². The number of piperidine rings is 1. The largest absolute Gasteiger partial charge is 0.496 e. The van der Waals surface area contributed by atoms with Gasteiger partial charge in [0.25, 0.3) is 5.91 Å². The second-order valence-electron chi connectivity index (χ2n) is 7.30. The molecule has 0 radical (unpaired) electrons. The number of pyridine rings is 1. The number of rotatable bonds is 6. The van der Waals surface area contributed by atoms with E-state index in [0.29, 0.717) is 36.8 Å². The molecule has 0 spiro atoms. The lowest BCUT2D eigenvalue weighted by Crippen LogP contribution is -2.39. The highest BCUT2D eigenvalue weighted by molar-refractivity contribution is 5.96. The standard InChI is InChI=1S/C23H25N3O4/c1-28-20-10-4-3-7-16(20)13-18-14-25-21(30-18)17-8-6-12-26(15-17)23(27)19-9-5-11-24-22(19)29-2/h3-5,7,9-11,14,17H,6,8,12-13,15H2,1-2H3/t17-/m0/s1. The highest BCUT2D eigenvalue weighted by Crippen LogP contribution is 2.30. The lowest BCUT2D eigenvalue weighted by Gasteiger charge is -2.31. The molecule has 0 aliphatic carbocycles. The van der Waals surface area contributed by atoms with Crippen LogP contribution in [0.2, 0.25) is 0 Å². The van der Waals surface area contributed by atoms with Crippen LogP contribution in [0.1, 0.15) is 46.3 Å². The van der Waals surface area contributed by atoms with E-state index in [-0.39, 0.29) is 11.8 Å². The third-order valence-electron chi connectivity index (χ3n) is 5.38. The number of hydrogen-bond acceptors (Lipinski definition) is 6. The molecule has 1 atom stereocenters. The number of para-hydroxylation sites is 1. The molecule has 30 heavy (non-hydrogen) atoms. The molecular formula is C23H25N3O4. The molecule has 1 aliphatic rings. The molecule has 0 saturated carbocycles. The number of nitrogens with zero attached hydrogens (tertiary/aromatic N) is 3. The van der Waals surface area contributed by atoms with Gasteiger partial charge in [-0.3, -0.25) is 4.79 Å². The van der Waals surface area contributed by atoms with E-state index in [1.54, 1.807) is 31.6 Å². The highest BCUT2D eigenvalue weighted by atomic mass is 16.5. The summed E-state index contributed by atoms with van der Waals surface area (Å²) < 4.78 is 16.7. The summed E-state index contributed by atoms with van der Waals surface area (Å²) in [6, 6.07) is 11.4. The second kappa shape index (κ2) is 8.98. The van der Waals surface area contributed by atoms with Crippen LogP contribution in [0.3, 0.4) is 0 Å². The van der Waals surface area contributed by atoms with E-state index in [2.05, 4.69) is 9.97 Å². The number of methoxy groups -OCH3 is 2. The minimum absolute atomic E-state index is 0.0665. The van der Waals surface area contributed by atoms with Crippen molar-refractivity contribution in [3.05, 3.63) is 71.6 Å². The van der Waals surface area contributed by atoms with Crippen LogP contribution in [0.15, 0.2) is 53.2 Å². The SMILES string of the molecule is COc1ccccc1Cc1cnc([C@H]2CCCN(C(=O)c3cccnc3OC)C2)o1. The third kappa shape index (κ3) is 4.15. The van der Waals surface area contributed by atoms with Gasteiger partial charge in [-0.15, -0.1) is 0 Å². The first-order chi connectivity index (χ1) is 14.7. The summed E-state index contributed by atoms with van der Waals surface area (Å²) in [4.78, 5) is 23.5. The van der Waals surface area contributed by atoms with Gasteiger partial charge in [0, 0.05) is 31.3 Å². The second-order valence-corrected chi connectivity index (χ2v) is 7.30. The first-order valence-corrected chi connectivity index (χ1v) is 10.0. The average molecular weight is 407 g/mol. The molecule has 1 aromatic carbocycles. The summed E-state index contributed by atoms with van der Waals surface area (Å²) in [5.74, 6) is 2.62. The summed E-state index contributed by atoms with van der Waals surface area (Å²) in [6.07, 6.45) is 5.82. The van der Waals surface area contributed by atoms with Crippen molar-refractivity contribution in [2.45, 2.75) is 25.2 Å².